The molecule has 0 spiro atoms. The SMILES string of the molecule is c1ccc(C2(c3ccccc3)c3ccccc3-c3c2ccc2c(-c4cccc(-c5ccccn5)c4)nc4ccccc4c32)cc1. The number of nitrogens with zero attached hydrogens (tertiary/aromatic N) is 2. The van der Waals surface area contributed by atoms with Crippen LogP contribution in [0.5, 0.6) is 0 Å². The Hall–Kier alpha value is -5.86. The fourth-order valence-corrected chi connectivity index (χ4v) is 7.55. The van der Waals surface area contributed by atoms with Crippen LogP contribution in [-0.2, 0) is 5.41 Å². The van der Waals surface area contributed by atoms with Crippen LogP contribution in [0.15, 0.2) is 170 Å². The van der Waals surface area contributed by atoms with Crippen LogP contribution in [0.1, 0.15) is 22.3 Å². The first-order valence-electron chi connectivity index (χ1n) is 15.4. The third-order valence-corrected chi connectivity index (χ3v) is 9.38. The lowest BCUT2D eigenvalue weighted by Gasteiger charge is -2.34. The van der Waals surface area contributed by atoms with Gasteiger partial charge in [-0.05, 0) is 57.6 Å². The number of pyridine rings is 2. The summed E-state index contributed by atoms with van der Waals surface area (Å²) in [6.45, 7) is 0. The first-order valence-corrected chi connectivity index (χ1v) is 15.4. The van der Waals surface area contributed by atoms with Gasteiger partial charge in [0.1, 0.15) is 0 Å². The van der Waals surface area contributed by atoms with Gasteiger partial charge >= 0.3 is 0 Å². The van der Waals surface area contributed by atoms with Gasteiger partial charge in [-0.3, -0.25) is 4.98 Å². The second kappa shape index (κ2) is 10.1. The van der Waals surface area contributed by atoms with Gasteiger partial charge in [0.15, 0.2) is 0 Å². The molecule has 0 atom stereocenters. The molecule has 2 heteroatoms. The van der Waals surface area contributed by atoms with E-state index in [1.165, 1.54) is 44.2 Å². The minimum absolute atomic E-state index is 0.452. The number of fused-ring (bicyclic) bond motifs is 7. The molecular weight excluding hydrogens is 544 g/mol. The molecule has 0 fully saturated rings. The number of rotatable bonds is 4. The molecule has 0 N–H and O–H groups in total. The van der Waals surface area contributed by atoms with Crippen molar-refractivity contribution in [1.82, 2.24) is 9.97 Å². The number of aromatic nitrogens is 2. The van der Waals surface area contributed by atoms with Crippen LogP contribution in [-0.4, -0.2) is 9.97 Å². The molecule has 2 heterocycles. The van der Waals surface area contributed by atoms with Crippen molar-refractivity contribution in [3.05, 3.63) is 192 Å². The smallest absolute Gasteiger partial charge is 0.0788 e. The van der Waals surface area contributed by atoms with Crippen molar-refractivity contribution >= 4 is 21.7 Å². The minimum atomic E-state index is -0.452. The Balaban J connectivity index is 1.42. The quantitative estimate of drug-likeness (QED) is 0.196. The molecule has 0 bridgehead atoms. The molecule has 0 saturated heterocycles. The second-order valence-corrected chi connectivity index (χ2v) is 11.7. The van der Waals surface area contributed by atoms with E-state index in [4.69, 9.17) is 4.98 Å². The molecule has 45 heavy (non-hydrogen) atoms. The van der Waals surface area contributed by atoms with E-state index < -0.39 is 5.41 Å². The standard InChI is InChI=1S/C43H28N2/c1-3-16-31(17-4-1)43(32-18-5-2-6-19-32)36-22-9-7-20-33(36)41-37(43)26-25-35-40(41)34-21-8-10-24-39(34)45-42(35)30-15-13-14-29(28-30)38-23-11-12-27-44-38/h1-28H. The van der Waals surface area contributed by atoms with Gasteiger partial charge in [-0.15, -0.1) is 0 Å². The van der Waals surface area contributed by atoms with Crippen LogP contribution in [0.3, 0.4) is 0 Å². The maximum Gasteiger partial charge on any atom is 0.0788 e. The number of para-hydroxylation sites is 1. The third kappa shape index (κ3) is 3.76. The molecule has 0 aliphatic heterocycles. The minimum Gasteiger partial charge on any atom is -0.256 e. The van der Waals surface area contributed by atoms with E-state index in [1.807, 2.05) is 18.3 Å². The number of hydrogen-bond acceptors (Lipinski definition) is 2. The summed E-state index contributed by atoms with van der Waals surface area (Å²) in [5, 5.41) is 3.57. The zero-order chi connectivity index (χ0) is 29.8. The second-order valence-electron chi connectivity index (χ2n) is 11.7. The first kappa shape index (κ1) is 25.6. The fraction of sp³-hybridized carbons (Fsp3) is 0.0233. The summed E-state index contributed by atoms with van der Waals surface area (Å²) in [6, 6.07) is 58.9. The highest BCUT2D eigenvalue weighted by Crippen LogP contribution is 2.58. The van der Waals surface area contributed by atoms with Crippen LogP contribution in [0.2, 0.25) is 0 Å². The summed E-state index contributed by atoms with van der Waals surface area (Å²) in [4.78, 5) is 9.94. The molecule has 0 saturated carbocycles. The monoisotopic (exact) mass is 572 g/mol. The van der Waals surface area contributed by atoms with E-state index in [2.05, 4.69) is 157 Å². The van der Waals surface area contributed by atoms with Crippen molar-refractivity contribution in [2.24, 2.45) is 0 Å². The Morgan fingerprint density at radius 1 is 0.467 bits per heavy atom. The molecule has 2 nitrogen and oxygen atoms in total. The number of benzene rings is 6. The Bertz CT molecular complexity index is 2320. The maximum absolute atomic E-state index is 5.32. The maximum atomic E-state index is 5.32. The first-order chi connectivity index (χ1) is 22.3. The highest BCUT2D eigenvalue weighted by atomic mass is 14.7. The summed E-state index contributed by atoms with van der Waals surface area (Å²) >= 11 is 0. The van der Waals surface area contributed by atoms with E-state index >= 15 is 0 Å². The van der Waals surface area contributed by atoms with E-state index in [0.29, 0.717) is 0 Å². The van der Waals surface area contributed by atoms with Crippen molar-refractivity contribution in [3.63, 3.8) is 0 Å². The largest absolute Gasteiger partial charge is 0.256 e. The van der Waals surface area contributed by atoms with E-state index in [0.717, 1.165) is 33.4 Å². The van der Waals surface area contributed by atoms with Gasteiger partial charge in [-0.25, -0.2) is 4.98 Å². The van der Waals surface area contributed by atoms with E-state index in [9.17, 15) is 0 Å². The Morgan fingerprint density at radius 2 is 1.16 bits per heavy atom. The molecule has 6 aromatic carbocycles. The summed E-state index contributed by atoms with van der Waals surface area (Å²) in [5.41, 5.74) is 12.3. The lowest BCUT2D eigenvalue weighted by Crippen LogP contribution is -2.28. The predicted octanol–water partition coefficient (Wildman–Crippen LogP) is 10.5. The molecule has 9 rings (SSSR count). The average Bonchev–Trinajstić information content (AvgIpc) is 3.43. The summed E-state index contributed by atoms with van der Waals surface area (Å²) in [6.07, 6.45) is 1.85. The average molecular weight is 573 g/mol. The van der Waals surface area contributed by atoms with Crippen LogP contribution >= 0.6 is 0 Å². The summed E-state index contributed by atoms with van der Waals surface area (Å²) < 4.78 is 0. The zero-order valence-corrected chi connectivity index (χ0v) is 24.6. The van der Waals surface area contributed by atoms with Crippen LogP contribution in [0, 0.1) is 0 Å². The van der Waals surface area contributed by atoms with Gasteiger partial charge in [-0.2, -0.15) is 0 Å². The van der Waals surface area contributed by atoms with Gasteiger partial charge in [0.2, 0.25) is 0 Å². The molecule has 1 aliphatic carbocycles. The topological polar surface area (TPSA) is 25.8 Å². The fourth-order valence-electron chi connectivity index (χ4n) is 7.55. The molecule has 1 aliphatic rings. The zero-order valence-electron chi connectivity index (χ0n) is 24.6. The molecule has 8 aromatic rings. The van der Waals surface area contributed by atoms with Crippen molar-refractivity contribution in [1.29, 1.82) is 0 Å². The highest BCUT2D eigenvalue weighted by Gasteiger charge is 2.46. The Morgan fingerprint density at radius 3 is 1.93 bits per heavy atom. The third-order valence-electron chi connectivity index (χ3n) is 9.38. The Kier molecular flexibility index (Phi) is 5.76. The summed E-state index contributed by atoms with van der Waals surface area (Å²) in [7, 11) is 0. The lowest BCUT2D eigenvalue weighted by molar-refractivity contribution is 0.769. The molecule has 0 radical (unpaired) electrons. The van der Waals surface area contributed by atoms with E-state index in [1.54, 1.807) is 0 Å². The van der Waals surface area contributed by atoms with Gasteiger partial charge in [0.05, 0.1) is 22.3 Å². The van der Waals surface area contributed by atoms with Crippen LogP contribution in [0.4, 0.5) is 0 Å². The van der Waals surface area contributed by atoms with Crippen molar-refractivity contribution in [3.8, 4) is 33.6 Å². The number of hydrogen-bond donors (Lipinski definition) is 0. The van der Waals surface area contributed by atoms with Gasteiger partial charge < -0.3 is 0 Å². The van der Waals surface area contributed by atoms with E-state index in [-0.39, 0.29) is 0 Å². The van der Waals surface area contributed by atoms with Crippen molar-refractivity contribution in [2.75, 3.05) is 0 Å². The molecule has 210 valence electrons. The Labute approximate surface area is 262 Å². The molecule has 0 unspecified atom stereocenters. The summed E-state index contributed by atoms with van der Waals surface area (Å²) in [5.74, 6) is 0. The van der Waals surface area contributed by atoms with Crippen LogP contribution < -0.4 is 0 Å². The van der Waals surface area contributed by atoms with Crippen LogP contribution in [0.25, 0.3) is 55.3 Å². The highest BCUT2D eigenvalue weighted by molar-refractivity contribution is 6.19. The van der Waals surface area contributed by atoms with Crippen molar-refractivity contribution in [2.45, 2.75) is 5.41 Å². The predicted molar refractivity (Wildman–Crippen MR) is 185 cm³/mol. The molecule has 0 amide bonds. The normalized spacial score (nSPS) is 13.1. The van der Waals surface area contributed by atoms with Gasteiger partial charge in [0.25, 0.3) is 0 Å². The molecule has 2 aromatic heterocycles. The van der Waals surface area contributed by atoms with Gasteiger partial charge in [-0.1, -0.05) is 140 Å². The molecular formula is C43H28N2. The van der Waals surface area contributed by atoms with Crippen molar-refractivity contribution < 1.29 is 0 Å². The van der Waals surface area contributed by atoms with Gasteiger partial charge in [0, 0.05) is 33.5 Å². The lowest BCUT2D eigenvalue weighted by atomic mass is 9.67.